The second-order valence-corrected chi connectivity index (χ2v) is 3.82. The van der Waals surface area contributed by atoms with Gasteiger partial charge in [0.05, 0.1) is 5.02 Å². The van der Waals surface area contributed by atoms with Gasteiger partial charge in [0, 0.05) is 12.5 Å². The van der Waals surface area contributed by atoms with Crippen LogP contribution in [0.5, 0.6) is 0 Å². The van der Waals surface area contributed by atoms with Gasteiger partial charge >= 0.3 is 0 Å². The van der Waals surface area contributed by atoms with E-state index in [2.05, 4.69) is 17.3 Å². The second kappa shape index (κ2) is 6.49. The SMILES string of the molecule is CC#CCC(Cc1cccc(Cl)c1F)NN. The van der Waals surface area contributed by atoms with Gasteiger partial charge in [0.2, 0.25) is 0 Å². The Hall–Kier alpha value is -1.08. The standard InChI is InChI=1S/C12H14ClFN2/c1-2-3-6-10(16-15)8-9-5-4-7-11(13)12(9)14/h4-5,7,10,16H,6,8,15H2,1H3. The van der Waals surface area contributed by atoms with E-state index in [9.17, 15) is 4.39 Å². The van der Waals surface area contributed by atoms with Crippen molar-refractivity contribution in [1.29, 1.82) is 0 Å². The third-order valence-corrected chi connectivity index (χ3v) is 2.55. The number of hydrogen-bond acceptors (Lipinski definition) is 2. The molecule has 0 aliphatic heterocycles. The van der Waals surface area contributed by atoms with Gasteiger partial charge in [0.1, 0.15) is 5.82 Å². The molecular formula is C12H14ClFN2. The summed E-state index contributed by atoms with van der Waals surface area (Å²) in [4.78, 5) is 0. The van der Waals surface area contributed by atoms with Crippen molar-refractivity contribution in [2.24, 2.45) is 5.84 Å². The highest BCUT2D eigenvalue weighted by Crippen LogP contribution is 2.19. The highest BCUT2D eigenvalue weighted by molar-refractivity contribution is 6.30. The molecular weight excluding hydrogens is 227 g/mol. The third kappa shape index (κ3) is 3.49. The Morgan fingerprint density at radius 1 is 1.56 bits per heavy atom. The van der Waals surface area contributed by atoms with Crippen molar-refractivity contribution in [3.8, 4) is 11.8 Å². The highest BCUT2D eigenvalue weighted by Gasteiger charge is 2.11. The monoisotopic (exact) mass is 240 g/mol. The summed E-state index contributed by atoms with van der Waals surface area (Å²) in [6.07, 6.45) is 1.05. The van der Waals surface area contributed by atoms with E-state index in [0.29, 0.717) is 18.4 Å². The zero-order valence-electron chi connectivity index (χ0n) is 9.06. The van der Waals surface area contributed by atoms with Crippen LogP contribution in [-0.2, 0) is 6.42 Å². The summed E-state index contributed by atoms with van der Waals surface area (Å²) in [6.45, 7) is 1.76. The minimum absolute atomic E-state index is 0.0691. The molecule has 3 N–H and O–H groups in total. The molecule has 16 heavy (non-hydrogen) atoms. The molecule has 1 unspecified atom stereocenters. The molecule has 0 aliphatic rings. The molecule has 0 saturated carbocycles. The number of benzene rings is 1. The fourth-order valence-corrected chi connectivity index (χ4v) is 1.58. The molecule has 0 heterocycles. The van der Waals surface area contributed by atoms with Crippen LogP contribution in [0.2, 0.25) is 5.02 Å². The molecule has 1 rings (SSSR count). The maximum Gasteiger partial charge on any atom is 0.145 e. The fourth-order valence-electron chi connectivity index (χ4n) is 1.39. The molecule has 0 spiro atoms. The van der Waals surface area contributed by atoms with Crippen LogP contribution in [-0.4, -0.2) is 6.04 Å². The lowest BCUT2D eigenvalue weighted by atomic mass is 10.0. The first-order valence-electron chi connectivity index (χ1n) is 4.97. The lowest BCUT2D eigenvalue weighted by Crippen LogP contribution is -2.36. The van der Waals surface area contributed by atoms with E-state index in [0.717, 1.165) is 0 Å². The van der Waals surface area contributed by atoms with E-state index >= 15 is 0 Å². The molecule has 0 aliphatic carbocycles. The largest absolute Gasteiger partial charge is 0.271 e. The Kier molecular flexibility index (Phi) is 5.27. The third-order valence-electron chi connectivity index (χ3n) is 2.26. The summed E-state index contributed by atoms with van der Waals surface area (Å²) >= 11 is 5.69. The molecule has 86 valence electrons. The Bertz CT molecular complexity index is 409. The fraction of sp³-hybridized carbons (Fsp3) is 0.333. The van der Waals surface area contributed by atoms with Crippen molar-refractivity contribution in [2.45, 2.75) is 25.8 Å². The van der Waals surface area contributed by atoms with Crippen LogP contribution in [0.25, 0.3) is 0 Å². The smallest absolute Gasteiger partial charge is 0.145 e. The van der Waals surface area contributed by atoms with Crippen LogP contribution < -0.4 is 11.3 Å². The number of rotatable bonds is 4. The average Bonchev–Trinajstić information content (AvgIpc) is 2.30. The van der Waals surface area contributed by atoms with Crippen molar-refractivity contribution >= 4 is 11.6 Å². The van der Waals surface area contributed by atoms with E-state index in [1.54, 1.807) is 19.1 Å². The van der Waals surface area contributed by atoms with E-state index in [-0.39, 0.29) is 16.9 Å². The van der Waals surface area contributed by atoms with Crippen molar-refractivity contribution in [3.63, 3.8) is 0 Å². The molecule has 0 amide bonds. The lowest BCUT2D eigenvalue weighted by molar-refractivity contribution is 0.518. The molecule has 4 heteroatoms. The maximum absolute atomic E-state index is 13.6. The summed E-state index contributed by atoms with van der Waals surface area (Å²) in [5.41, 5.74) is 3.17. The normalized spacial score (nSPS) is 11.8. The Morgan fingerprint density at radius 2 is 2.31 bits per heavy atom. The summed E-state index contributed by atoms with van der Waals surface area (Å²) in [5.74, 6) is 10.7. The molecule has 1 aromatic carbocycles. The number of nitrogens with one attached hydrogen (secondary N) is 1. The number of nitrogens with two attached hydrogens (primary N) is 1. The molecule has 0 bridgehead atoms. The topological polar surface area (TPSA) is 38.0 Å². The van der Waals surface area contributed by atoms with Gasteiger partial charge in [0.25, 0.3) is 0 Å². The van der Waals surface area contributed by atoms with Gasteiger partial charge in [-0.15, -0.1) is 11.8 Å². The predicted molar refractivity (Wildman–Crippen MR) is 64.3 cm³/mol. The average molecular weight is 241 g/mol. The molecule has 1 aromatic rings. The summed E-state index contributed by atoms with van der Waals surface area (Å²) in [6, 6.07) is 4.88. The maximum atomic E-state index is 13.6. The van der Waals surface area contributed by atoms with E-state index < -0.39 is 0 Å². The first-order chi connectivity index (χ1) is 7.69. The van der Waals surface area contributed by atoms with Crippen molar-refractivity contribution in [2.75, 3.05) is 0 Å². The van der Waals surface area contributed by atoms with E-state index in [1.807, 2.05) is 0 Å². The number of halogens is 2. The van der Waals surface area contributed by atoms with Gasteiger partial charge in [-0.2, -0.15) is 0 Å². The van der Waals surface area contributed by atoms with Crippen LogP contribution in [0.15, 0.2) is 18.2 Å². The van der Waals surface area contributed by atoms with Crippen LogP contribution in [0.1, 0.15) is 18.9 Å². The van der Waals surface area contributed by atoms with Gasteiger partial charge in [-0.3, -0.25) is 11.3 Å². The molecule has 0 saturated heterocycles. The first kappa shape index (κ1) is 13.0. The van der Waals surface area contributed by atoms with E-state index in [1.165, 1.54) is 6.07 Å². The first-order valence-corrected chi connectivity index (χ1v) is 5.35. The molecule has 0 aromatic heterocycles. The molecule has 1 atom stereocenters. The van der Waals surface area contributed by atoms with Crippen LogP contribution in [0, 0.1) is 17.7 Å². The molecule has 0 radical (unpaired) electrons. The summed E-state index contributed by atoms with van der Waals surface area (Å²) in [5, 5.41) is 0.134. The van der Waals surface area contributed by atoms with Gasteiger partial charge in [-0.1, -0.05) is 23.7 Å². The Balaban J connectivity index is 2.76. The quantitative estimate of drug-likeness (QED) is 0.481. The van der Waals surface area contributed by atoms with Gasteiger partial charge < -0.3 is 0 Å². The predicted octanol–water partition coefficient (Wildman–Crippen LogP) is 2.27. The van der Waals surface area contributed by atoms with Gasteiger partial charge in [-0.05, 0) is 25.0 Å². The highest BCUT2D eigenvalue weighted by atomic mass is 35.5. The zero-order valence-corrected chi connectivity index (χ0v) is 9.81. The lowest BCUT2D eigenvalue weighted by Gasteiger charge is -2.13. The summed E-state index contributed by atoms with van der Waals surface area (Å²) < 4.78 is 13.6. The minimum atomic E-state index is -0.381. The number of hydrazine groups is 1. The van der Waals surface area contributed by atoms with Crippen LogP contribution >= 0.6 is 11.6 Å². The minimum Gasteiger partial charge on any atom is -0.271 e. The van der Waals surface area contributed by atoms with Crippen LogP contribution in [0.4, 0.5) is 4.39 Å². The summed E-state index contributed by atoms with van der Waals surface area (Å²) in [7, 11) is 0. The van der Waals surface area contributed by atoms with Gasteiger partial charge in [-0.25, -0.2) is 4.39 Å². The second-order valence-electron chi connectivity index (χ2n) is 3.41. The van der Waals surface area contributed by atoms with Crippen LogP contribution in [0.3, 0.4) is 0 Å². The molecule has 2 nitrogen and oxygen atoms in total. The van der Waals surface area contributed by atoms with Gasteiger partial charge in [0.15, 0.2) is 0 Å². The Morgan fingerprint density at radius 3 is 2.94 bits per heavy atom. The van der Waals surface area contributed by atoms with Crippen molar-refractivity contribution in [3.05, 3.63) is 34.6 Å². The Labute approximate surface area is 99.9 Å². The van der Waals surface area contributed by atoms with Crippen molar-refractivity contribution < 1.29 is 4.39 Å². The van der Waals surface area contributed by atoms with Crippen molar-refractivity contribution in [1.82, 2.24) is 5.43 Å². The zero-order chi connectivity index (χ0) is 12.0. The molecule has 0 fully saturated rings. The number of hydrogen-bond donors (Lipinski definition) is 2. The van der Waals surface area contributed by atoms with E-state index in [4.69, 9.17) is 17.4 Å².